The third-order valence-corrected chi connectivity index (χ3v) is 7.40. The van der Waals surface area contributed by atoms with E-state index in [0.717, 1.165) is 38.8 Å². The van der Waals surface area contributed by atoms with Gasteiger partial charge in [0.25, 0.3) is 0 Å². The Morgan fingerprint density at radius 3 is 2.22 bits per heavy atom. The lowest BCUT2D eigenvalue weighted by atomic mass is 9.89. The summed E-state index contributed by atoms with van der Waals surface area (Å²) in [5.74, 6) is 1.45. The van der Waals surface area contributed by atoms with Crippen molar-refractivity contribution < 1.29 is 23.8 Å². The molecule has 2 aliphatic heterocycles. The summed E-state index contributed by atoms with van der Waals surface area (Å²) in [6.45, 7) is 3.54. The number of carbonyl (C=O) groups is 2. The van der Waals surface area contributed by atoms with E-state index >= 15 is 0 Å². The van der Waals surface area contributed by atoms with Gasteiger partial charge in [-0.05, 0) is 44.7 Å². The molecule has 3 fully saturated rings. The quantitative estimate of drug-likeness (QED) is 0.650. The van der Waals surface area contributed by atoms with Crippen LogP contribution in [0.5, 0.6) is 17.2 Å². The minimum absolute atomic E-state index is 0.0222. The number of ether oxygens (including phenoxy) is 3. The Morgan fingerprint density at radius 1 is 1.00 bits per heavy atom. The SMILES string of the molecule is COc1cc(C(=O)C(C)N2CCC(N3C(=O)NC4CCCCC43)CC2)cc(OC)c1OC. The molecular formula is C24H35N3O5. The van der Waals surface area contributed by atoms with Gasteiger partial charge in [-0.3, -0.25) is 9.69 Å². The van der Waals surface area contributed by atoms with Gasteiger partial charge < -0.3 is 24.4 Å². The third kappa shape index (κ3) is 4.12. The van der Waals surface area contributed by atoms with Gasteiger partial charge in [-0.1, -0.05) is 12.8 Å². The molecule has 0 bridgehead atoms. The topological polar surface area (TPSA) is 80.3 Å². The Hall–Kier alpha value is -2.48. The summed E-state index contributed by atoms with van der Waals surface area (Å²) in [5, 5.41) is 3.19. The number of Topliss-reactive ketones (excluding diaryl/α,β-unsaturated/α-hetero) is 1. The van der Waals surface area contributed by atoms with Crippen molar-refractivity contribution in [3.63, 3.8) is 0 Å². The van der Waals surface area contributed by atoms with E-state index in [2.05, 4.69) is 15.1 Å². The number of nitrogens with zero attached hydrogens (tertiary/aromatic N) is 2. The number of hydrogen-bond acceptors (Lipinski definition) is 6. The van der Waals surface area contributed by atoms with Gasteiger partial charge in [-0.2, -0.15) is 0 Å². The van der Waals surface area contributed by atoms with Crippen LogP contribution in [0.4, 0.5) is 4.79 Å². The van der Waals surface area contributed by atoms with Crippen molar-refractivity contribution >= 4 is 11.8 Å². The highest BCUT2D eigenvalue weighted by atomic mass is 16.5. The number of urea groups is 1. The van der Waals surface area contributed by atoms with E-state index in [1.54, 1.807) is 33.5 Å². The average molecular weight is 446 g/mol. The Morgan fingerprint density at radius 2 is 1.62 bits per heavy atom. The van der Waals surface area contributed by atoms with Crippen molar-refractivity contribution in [2.75, 3.05) is 34.4 Å². The monoisotopic (exact) mass is 445 g/mol. The number of piperidine rings is 1. The molecule has 1 saturated carbocycles. The van der Waals surface area contributed by atoms with Crippen molar-refractivity contribution in [1.29, 1.82) is 0 Å². The molecule has 1 N–H and O–H groups in total. The molecule has 0 aromatic heterocycles. The van der Waals surface area contributed by atoms with Crippen LogP contribution in [0, 0.1) is 0 Å². The molecule has 2 saturated heterocycles. The molecular weight excluding hydrogens is 410 g/mol. The second-order valence-electron chi connectivity index (χ2n) is 9.04. The zero-order valence-electron chi connectivity index (χ0n) is 19.6. The molecule has 4 rings (SSSR count). The Labute approximate surface area is 190 Å². The van der Waals surface area contributed by atoms with Crippen LogP contribution in [0.1, 0.15) is 55.8 Å². The second kappa shape index (κ2) is 9.57. The first-order valence-electron chi connectivity index (χ1n) is 11.7. The number of amides is 2. The minimum Gasteiger partial charge on any atom is -0.493 e. The second-order valence-corrected chi connectivity index (χ2v) is 9.04. The normalized spacial score (nSPS) is 25.1. The Balaban J connectivity index is 1.42. The lowest BCUT2D eigenvalue weighted by molar-refractivity contribution is 0.0666. The summed E-state index contributed by atoms with van der Waals surface area (Å²) in [7, 11) is 4.64. The average Bonchev–Trinajstić information content (AvgIpc) is 3.17. The molecule has 3 atom stereocenters. The van der Waals surface area contributed by atoms with Crippen LogP contribution < -0.4 is 19.5 Å². The van der Waals surface area contributed by atoms with Crippen LogP contribution >= 0.6 is 0 Å². The van der Waals surface area contributed by atoms with Crippen LogP contribution in [0.15, 0.2) is 12.1 Å². The molecule has 8 nitrogen and oxygen atoms in total. The van der Waals surface area contributed by atoms with Crippen LogP contribution in [0.2, 0.25) is 0 Å². The van der Waals surface area contributed by atoms with E-state index in [0.29, 0.717) is 34.9 Å². The van der Waals surface area contributed by atoms with Crippen molar-refractivity contribution in [2.45, 2.75) is 69.6 Å². The van der Waals surface area contributed by atoms with Crippen molar-refractivity contribution in [3.8, 4) is 17.2 Å². The van der Waals surface area contributed by atoms with Gasteiger partial charge in [0, 0.05) is 24.7 Å². The van der Waals surface area contributed by atoms with E-state index in [9.17, 15) is 9.59 Å². The Bertz CT molecular complexity index is 827. The smallest absolute Gasteiger partial charge is 0.318 e. The number of likely N-dealkylation sites (tertiary alicyclic amines) is 1. The molecule has 1 aromatic rings. The molecule has 1 aliphatic carbocycles. The molecule has 176 valence electrons. The van der Waals surface area contributed by atoms with Crippen LogP contribution in [-0.4, -0.2) is 80.2 Å². The first-order valence-corrected chi connectivity index (χ1v) is 11.7. The molecule has 8 heteroatoms. The number of benzene rings is 1. The molecule has 3 unspecified atom stereocenters. The molecule has 3 aliphatic rings. The van der Waals surface area contributed by atoms with E-state index in [-0.39, 0.29) is 23.9 Å². The van der Waals surface area contributed by atoms with Gasteiger partial charge in [-0.25, -0.2) is 4.79 Å². The van der Waals surface area contributed by atoms with Gasteiger partial charge in [0.15, 0.2) is 17.3 Å². The first-order chi connectivity index (χ1) is 15.5. The van der Waals surface area contributed by atoms with Gasteiger partial charge in [-0.15, -0.1) is 0 Å². The van der Waals surface area contributed by atoms with Gasteiger partial charge >= 0.3 is 6.03 Å². The van der Waals surface area contributed by atoms with E-state index in [4.69, 9.17) is 14.2 Å². The molecule has 32 heavy (non-hydrogen) atoms. The van der Waals surface area contributed by atoms with Crippen LogP contribution in [-0.2, 0) is 0 Å². The standard InChI is InChI=1S/C24H35N3O5/c1-15(22(28)16-13-20(30-2)23(32-4)21(14-16)31-3)26-11-9-17(10-12-26)27-19-8-6-5-7-18(19)25-24(27)29/h13-15,17-19H,5-12H2,1-4H3,(H,25,29). The fraction of sp³-hybridized carbons (Fsp3) is 0.667. The van der Waals surface area contributed by atoms with Crippen molar-refractivity contribution in [1.82, 2.24) is 15.1 Å². The van der Waals surface area contributed by atoms with Crippen molar-refractivity contribution in [3.05, 3.63) is 17.7 Å². The summed E-state index contributed by atoms with van der Waals surface area (Å²) in [6.07, 6.45) is 6.37. The molecule has 0 radical (unpaired) electrons. The highest BCUT2D eigenvalue weighted by molar-refractivity contribution is 6.01. The van der Waals surface area contributed by atoms with Gasteiger partial charge in [0.1, 0.15) is 0 Å². The Kier molecular flexibility index (Phi) is 6.79. The maximum absolute atomic E-state index is 13.3. The number of nitrogens with one attached hydrogen (secondary N) is 1. The molecule has 2 amide bonds. The predicted molar refractivity (Wildman–Crippen MR) is 121 cm³/mol. The first kappa shape index (κ1) is 22.7. The van der Waals surface area contributed by atoms with Gasteiger partial charge in [0.05, 0.1) is 39.5 Å². The highest BCUT2D eigenvalue weighted by Crippen LogP contribution is 2.39. The molecule has 0 spiro atoms. The summed E-state index contributed by atoms with van der Waals surface area (Å²) >= 11 is 0. The summed E-state index contributed by atoms with van der Waals surface area (Å²) in [6, 6.07) is 4.16. The number of ketones is 1. The van der Waals surface area contributed by atoms with Crippen LogP contribution in [0.3, 0.4) is 0 Å². The molecule has 2 heterocycles. The third-order valence-electron chi connectivity index (χ3n) is 7.40. The highest BCUT2D eigenvalue weighted by Gasteiger charge is 2.44. The summed E-state index contributed by atoms with van der Waals surface area (Å²) in [4.78, 5) is 30.3. The van der Waals surface area contributed by atoms with Gasteiger partial charge in [0.2, 0.25) is 5.75 Å². The van der Waals surface area contributed by atoms with E-state index in [1.165, 1.54) is 12.8 Å². The summed E-state index contributed by atoms with van der Waals surface area (Å²) in [5.41, 5.74) is 0.540. The van der Waals surface area contributed by atoms with E-state index < -0.39 is 0 Å². The maximum atomic E-state index is 13.3. The predicted octanol–water partition coefficient (Wildman–Crippen LogP) is 3.08. The number of fused-ring (bicyclic) bond motifs is 1. The minimum atomic E-state index is -0.270. The summed E-state index contributed by atoms with van der Waals surface area (Å²) < 4.78 is 16.2. The zero-order valence-corrected chi connectivity index (χ0v) is 19.6. The number of rotatable bonds is 7. The van der Waals surface area contributed by atoms with Crippen molar-refractivity contribution in [2.24, 2.45) is 0 Å². The van der Waals surface area contributed by atoms with Crippen LogP contribution in [0.25, 0.3) is 0 Å². The fourth-order valence-corrected chi connectivity index (χ4v) is 5.61. The lowest BCUT2D eigenvalue weighted by Crippen LogP contribution is -2.52. The fourth-order valence-electron chi connectivity index (χ4n) is 5.61. The number of carbonyl (C=O) groups excluding carboxylic acids is 2. The molecule has 1 aromatic carbocycles. The lowest BCUT2D eigenvalue weighted by Gasteiger charge is -2.41. The largest absolute Gasteiger partial charge is 0.493 e. The number of methoxy groups -OCH3 is 3. The maximum Gasteiger partial charge on any atom is 0.318 e. The van der Waals surface area contributed by atoms with E-state index in [1.807, 2.05) is 6.92 Å². The zero-order chi connectivity index (χ0) is 22.8. The number of hydrogen-bond donors (Lipinski definition) is 1.